The monoisotopic (exact) mass is 432 g/mol. The Morgan fingerprint density at radius 3 is 2.61 bits per heavy atom. The number of hydrogen-bond acceptors (Lipinski definition) is 4. The normalized spacial score (nSPS) is 15.7. The first-order chi connectivity index (χ1) is 15.0. The fraction of sp³-hybridized carbons (Fsp3) is 0.200. The van der Waals surface area contributed by atoms with Gasteiger partial charge in [0.05, 0.1) is 12.8 Å². The number of ether oxygens (including phenoxy) is 1. The molecule has 4 rings (SSSR count). The van der Waals surface area contributed by atoms with Gasteiger partial charge in [-0.2, -0.15) is 0 Å². The number of aryl methyl sites for hydroxylation is 1. The van der Waals surface area contributed by atoms with Gasteiger partial charge >= 0.3 is 0 Å². The summed E-state index contributed by atoms with van der Waals surface area (Å²) in [4.78, 5) is 28.6. The second-order valence-corrected chi connectivity index (χ2v) is 8.69. The predicted molar refractivity (Wildman–Crippen MR) is 125 cm³/mol. The number of hydrogen-bond donors (Lipinski definition) is 1. The van der Waals surface area contributed by atoms with Gasteiger partial charge in [0.2, 0.25) is 11.8 Å². The van der Waals surface area contributed by atoms with Crippen molar-refractivity contribution in [2.75, 3.05) is 23.9 Å². The lowest BCUT2D eigenvalue weighted by Crippen LogP contribution is -2.38. The molecule has 5 nitrogen and oxygen atoms in total. The first-order valence-corrected chi connectivity index (χ1v) is 11.0. The Morgan fingerprint density at radius 1 is 1.10 bits per heavy atom. The quantitative estimate of drug-likeness (QED) is 0.601. The Morgan fingerprint density at radius 2 is 1.87 bits per heavy atom. The van der Waals surface area contributed by atoms with Crippen LogP contribution in [-0.2, 0) is 9.59 Å². The first-order valence-electron chi connectivity index (χ1n) is 10.1. The first kappa shape index (κ1) is 21.0. The van der Waals surface area contributed by atoms with Crippen molar-refractivity contribution in [2.45, 2.75) is 23.5 Å². The minimum Gasteiger partial charge on any atom is -0.497 e. The van der Waals surface area contributed by atoms with Crippen LogP contribution in [0.2, 0.25) is 0 Å². The lowest BCUT2D eigenvalue weighted by molar-refractivity contribution is -0.121. The number of methoxy groups -OCH3 is 1. The van der Waals surface area contributed by atoms with E-state index < -0.39 is 0 Å². The largest absolute Gasteiger partial charge is 0.497 e. The third-order valence-corrected chi connectivity index (χ3v) is 6.50. The highest BCUT2D eigenvalue weighted by atomic mass is 32.2. The summed E-state index contributed by atoms with van der Waals surface area (Å²) in [6.45, 7) is 1.94. The molecule has 3 aromatic rings. The zero-order chi connectivity index (χ0) is 21.8. The molecule has 3 aromatic carbocycles. The Hall–Kier alpha value is -3.25. The summed E-state index contributed by atoms with van der Waals surface area (Å²) >= 11 is 1.65. The molecule has 1 atom stereocenters. The molecule has 158 valence electrons. The van der Waals surface area contributed by atoms with Gasteiger partial charge in [-0.1, -0.05) is 36.4 Å². The lowest BCUT2D eigenvalue weighted by Gasteiger charge is -2.22. The molecule has 31 heavy (non-hydrogen) atoms. The van der Waals surface area contributed by atoms with Crippen molar-refractivity contribution in [3.8, 4) is 5.75 Å². The van der Waals surface area contributed by atoms with Gasteiger partial charge in [0.25, 0.3) is 0 Å². The Labute approximate surface area is 186 Å². The maximum absolute atomic E-state index is 13.2. The fourth-order valence-corrected chi connectivity index (χ4v) is 4.90. The zero-order valence-electron chi connectivity index (χ0n) is 17.5. The number of thioether (sulfide) groups is 1. The fourth-order valence-electron chi connectivity index (χ4n) is 3.62. The van der Waals surface area contributed by atoms with Gasteiger partial charge in [0, 0.05) is 22.3 Å². The number of nitrogens with one attached hydrogen (secondary N) is 1. The SMILES string of the molecule is COc1ccc([C@H]2CC(=O)N(CC(=O)Nc3cccc(C)c3)c3ccccc3S2)cc1. The number of para-hydroxylation sites is 1. The topological polar surface area (TPSA) is 58.6 Å². The van der Waals surface area contributed by atoms with Gasteiger partial charge in [0.1, 0.15) is 12.3 Å². The number of fused-ring (bicyclic) bond motifs is 1. The number of anilines is 2. The van der Waals surface area contributed by atoms with Gasteiger partial charge in [-0.15, -0.1) is 11.8 Å². The number of carbonyl (C=O) groups excluding carboxylic acids is 2. The minimum absolute atomic E-state index is 0.0281. The van der Waals surface area contributed by atoms with Crippen LogP contribution in [0.3, 0.4) is 0 Å². The van der Waals surface area contributed by atoms with E-state index in [1.165, 1.54) is 0 Å². The average Bonchev–Trinajstić information content (AvgIpc) is 2.90. The van der Waals surface area contributed by atoms with E-state index in [-0.39, 0.29) is 23.6 Å². The van der Waals surface area contributed by atoms with Crippen molar-refractivity contribution < 1.29 is 14.3 Å². The van der Waals surface area contributed by atoms with E-state index in [0.29, 0.717) is 6.42 Å². The van der Waals surface area contributed by atoms with Crippen LogP contribution in [-0.4, -0.2) is 25.5 Å². The molecule has 0 spiro atoms. The molecule has 6 heteroatoms. The summed E-state index contributed by atoms with van der Waals surface area (Å²) in [6.07, 6.45) is 0.309. The minimum atomic E-state index is -0.221. The molecule has 0 aromatic heterocycles. The molecule has 0 radical (unpaired) electrons. The summed E-state index contributed by atoms with van der Waals surface area (Å²) in [7, 11) is 1.63. The van der Waals surface area contributed by atoms with Gasteiger partial charge in [-0.25, -0.2) is 0 Å². The van der Waals surface area contributed by atoms with E-state index in [0.717, 1.165) is 33.1 Å². The molecule has 0 aliphatic carbocycles. The van der Waals surface area contributed by atoms with Crippen LogP contribution in [0.5, 0.6) is 5.75 Å². The van der Waals surface area contributed by atoms with Gasteiger partial charge < -0.3 is 15.0 Å². The number of benzene rings is 3. The molecule has 1 aliphatic heterocycles. The average molecular weight is 433 g/mol. The molecule has 0 saturated heterocycles. The van der Waals surface area contributed by atoms with E-state index in [9.17, 15) is 9.59 Å². The highest BCUT2D eigenvalue weighted by Gasteiger charge is 2.30. The van der Waals surface area contributed by atoms with Crippen LogP contribution in [0.4, 0.5) is 11.4 Å². The molecule has 0 bridgehead atoms. The molecular weight excluding hydrogens is 408 g/mol. The standard InChI is InChI=1S/C25H24N2O3S/c1-17-6-5-7-19(14-17)26-24(28)16-27-21-8-3-4-9-22(21)31-23(15-25(27)29)18-10-12-20(30-2)13-11-18/h3-14,23H,15-16H2,1-2H3,(H,26,28)/t23-/m1/s1. The maximum atomic E-state index is 13.2. The second-order valence-electron chi connectivity index (χ2n) is 7.45. The Kier molecular flexibility index (Phi) is 6.28. The summed E-state index contributed by atoms with van der Waals surface area (Å²) in [6, 6.07) is 23.2. The molecule has 0 fully saturated rings. The Bertz CT molecular complexity index is 1100. The smallest absolute Gasteiger partial charge is 0.244 e. The highest BCUT2D eigenvalue weighted by Crippen LogP contribution is 2.45. The van der Waals surface area contributed by atoms with Crippen molar-refractivity contribution in [3.05, 3.63) is 83.9 Å². The summed E-state index contributed by atoms with van der Waals surface area (Å²) in [5.74, 6) is 0.489. The second kappa shape index (κ2) is 9.27. The maximum Gasteiger partial charge on any atom is 0.244 e. The van der Waals surface area contributed by atoms with E-state index in [1.807, 2.05) is 79.7 Å². The van der Waals surface area contributed by atoms with Crippen molar-refractivity contribution in [2.24, 2.45) is 0 Å². The van der Waals surface area contributed by atoms with Crippen LogP contribution in [0, 0.1) is 6.92 Å². The summed E-state index contributed by atoms with van der Waals surface area (Å²) in [5, 5.41) is 2.87. The predicted octanol–water partition coefficient (Wildman–Crippen LogP) is 5.21. The lowest BCUT2D eigenvalue weighted by atomic mass is 10.1. The zero-order valence-corrected chi connectivity index (χ0v) is 18.3. The van der Waals surface area contributed by atoms with Crippen LogP contribution in [0.15, 0.2) is 77.7 Å². The van der Waals surface area contributed by atoms with E-state index in [1.54, 1.807) is 23.8 Å². The molecule has 1 aliphatic rings. The van der Waals surface area contributed by atoms with Crippen LogP contribution in [0.25, 0.3) is 0 Å². The van der Waals surface area contributed by atoms with E-state index in [4.69, 9.17) is 4.74 Å². The molecule has 1 heterocycles. The molecule has 1 N–H and O–H groups in total. The highest BCUT2D eigenvalue weighted by molar-refractivity contribution is 7.99. The van der Waals surface area contributed by atoms with Crippen molar-refractivity contribution in [3.63, 3.8) is 0 Å². The molecule has 2 amide bonds. The van der Waals surface area contributed by atoms with Crippen LogP contribution < -0.4 is 15.0 Å². The van der Waals surface area contributed by atoms with Crippen LogP contribution >= 0.6 is 11.8 Å². The third-order valence-electron chi connectivity index (χ3n) is 5.18. The summed E-state index contributed by atoms with van der Waals surface area (Å²) in [5.41, 5.74) is 3.62. The Balaban J connectivity index is 1.57. The van der Waals surface area contributed by atoms with Crippen LogP contribution in [0.1, 0.15) is 22.8 Å². The summed E-state index contributed by atoms with van der Waals surface area (Å²) < 4.78 is 5.25. The van der Waals surface area contributed by atoms with E-state index >= 15 is 0 Å². The number of rotatable bonds is 5. The third kappa shape index (κ3) is 4.91. The van der Waals surface area contributed by atoms with Crippen molar-refractivity contribution in [1.82, 2.24) is 0 Å². The van der Waals surface area contributed by atoms with Crippen molar-refractivity contribution in [1.29, 1.82) is 0 Å². The van der Waals surface area contributed by atoms with Gasteiger partial charge in [-0.3, -0.25) is 9.59 Å². The number of carbonyl (C=O) groups is 2. The van der Waals surface area contributed by atoms with E-state index in [2.05, 4.69) is 5.32 Å². The molecule has 0 saturated carbocycles. The van der Waals surface area contributed by atoms with Gasteiger partial charge in [-0.05, 0) is 54.4 Å². The molecule has 0 unspecified atom stereocenters. The number of nitrogens with zero attached hydrogens (tertiary/aromatic N) is 1. The molecular formula is C25H24N2O3S. The number of amides is 2. The van der Waals surface area contributed by atoms with Gasteiger partial charge in [0.15, 0.2) is 0 Å². The van der Waals surface area contributed by atoms with Crippen molar-refractivity contribution >= 4 is 35.0 Å².